The van der Waals surface area contributed by atoms with E-state index in [4.69, 9.17) is 0 Å². The molecule has 20 heavy (non-hydrogen) atoms. The highest BCUT2D eigenvalue weighted by atomic mass is 19.1. The van der Waals surface area contributed by atoms with E-state index >= 15 is 0 Å². The third-order valence-electron chi connectivity index (χ3n) is 2.92. The number of rotatable bonds is 2. The fraction of sp³-hybridized carbons (Fsp3) is 0.133. The molecule has 2 heterocycles. The maximum atomic E-state index is 12.9. The second kappa shape index (κ2) is 5.61. The Hall–Kier alpha value is -2.56. The molecular formula is C15H13FN4. The summed E-state index contributed by atoms with van der Waals surface area (Å²) in [6.45, 7) is 1.42. The molecule has 0 amide bonds. The molecule has 0 aliphatic carbocycles. The second-order valence-corrected chi connectivity index (χ2v) is 4.36. The molecule has 0 radical (unpaired) electrons. The zero-order chi connectivity index (χ0) is 13.8. The van der Waals surface area contributed by atoms with E-state index in [1.165, 1.54) is 12.1 Å². The summed E-state index contributed by atoms with van der Waals surface area (Å²) < 4.78 is 12.9. The Kier molecular flexibility index (Phi) is 3.50. The highest BCUT2D eigenvalue weighted by molar-refractivity contribution is 6.35. The fourth-order valence-corrected chi connectivity index (χ4v) is 1.94. The van der Waals surface area contributed by atoms with E-state index in [9.17, 15) is 4.39 Å². The molecule has 5 heteroatoms. The molecule has 1 aliphatic rings. The van der Waals surface area contributed by atoms with Gasteiger partial charge in [0.25, 0.3) is 0 Å². The Balaban J connectivity index is 1.84. The van der Waals surface area contributed by atoms with Gasteiger partial charge in [-0.15, -0.1) is 0 Å². The van der Waals surface area contributed by atoms with Gasteiger partial charge in [-0.05, 0) is 35.4 Å². The lowest BCUT2D eigenvalue weighted by Gasteiger charge is -2.09. The van der Waals surface area contributed by atoms with E-state index in [-0.39, 0.29) is 5.82 Å². The number of halogens is 1. The highest BCUT2D eigenvalue weighted by Crippen LogP contribution is 2.21. The number of nitrogens with zero attached hydrogens (tertiary/aromatic N) is 3. The summed E-state index contributed by atoms with van der Waals surface area (Å²) in [7, 11) is 0. The SMILES string of the molecule is Fc1ccc(-c2ccnc(NC3=NCCN=C3)c2)cc1. The Bertz CT molecular complexity index is 662. The average Bonchev–Trinajstić information content (AvgIpc) is 2.49. The molecule has 1 aromatic heterocycles. The first kappa shape index (κ1) is 12.5. The minimum absolute atomic E-state index is 0.242. The van der Waals surface area contributed by atoms with Crippen LogP contribution < -0.4 is 5.32 Å². The van der Waals surface area contributed by atoms with Gasteiger partial charge in [0.2, 0.25) is 0 Å². The van der Waals surface area contributed by atoms with Crippen LogP contribution >= 0.6 is 0 Å². The van der Waals surface area contributed by atoms with Crippen LogP contribution in [0, 0.1) is 5.82 Å². The molecule has 0 fully saturated rings. The number of nitrogens with one attached hydrogen (secondary N) is 1. The van der Waals surface area contributed by atoms with Gasteiger partial charge in [-0.1, -0.05) is 12.1 Å². The van der Waals surface area contributed by atoms with Crippen molar-refractivity contribution >= 4 is 17.9 Å². The van der Waals surface area contributed by atoms with Crippen molar-refractivity contribution in [1.29, 1.82) is 0 Å². The number of pyridine rings is 1. The summed E-state index contributed by atoms with van der Waals surface area (Å²) in [6, 6.07) is 10.2. The molecule has 0 atom stereocenters. The average molecular weight is 268 g/mol. The molecule has 1 aromatic carbocycles. The third-order valence-corrected chi connectivity index (χ3v) is 2.92. The maximum Gasteiger partial charge on any atom is 0.144 e. The van der Waals surface area contributed by atoms with Crippen LogP contribution in [0.2, 0.25) is 0 Å². The molecule has 100 valence electrons. The number of aliphatic imine (C=N–C) groups is 2. The lowest BCUT2D eigenvalue weighted by atomic mass is 10.1. The first-order valence-electron chi connectivity index (χ1n) is 6.34. The Morgan fingerprint density at radius 2 is 1.85 bits per heavy atom. The Morgan fingerprint density at radius 1 is 1.00 bits per heavy atom. The van der Waals surface area contributed by atoms with Crippen LogP contribution in [0.15, 0.2) is 52.6 Å². The van der Waals surface area contributed by atoms with Gasteiger partial charge in [-0.3, -0.25) is 9.98 Å². The monoisotopic (exact) mass is 268 g/mol. The van der Waals surface area contributed by atoms with E-state index in [1.807, 2.05) is 12.1 Å². The second-order valence-electron chi connectivity index (χ2n) is 4.36. The summed E-state index contributed by atoms with van der Waals surface area (Å²) in [4.78, 5) is 12.7. The molecule has 0 spiro atoms. The van der Waals surface area contributed by atoms with Gasteiger partial charge in [-0.25, -0.2) is 9.37 Å². The van der Waals surface area contributed by atoms with E-state index < -0.39 is 0 Å². The lowest BCUT2D eigenvalue weighted by molar-refractivity contribution is 0.628. The minimum Gasteiger partial charge on any atom is -0.324 e. The van der Waals surface area contributed by atoms with E-state index in [0.717, 1.165) is 17.7 Å². The van der Waals surface area contributed by atoms with Gasteiger partial charge in [0.05, 0.1) is 19.3 Å². The normalized spacial score (nSPS) is 13.9. The van der Waals surface area contributed by atoms with Gasteiger partial charge >= 0.3 is 0 Å². The Morgan fingerprint density at radius 3 is 2.60 bits per heavy atom. The summed E-state index contributed by atoms with van der Waals surface area (Å²) >= 11 is 0. The molecule has 3 rings (SSSR count). The number of hydrogen-bond donors (Lipinski definition) is 1. The van der Waals surface area contributed by atoms with Crippen LogP contribution in [-0.2, 0) is 0 Å². The maximum absolute atomic E-state index is 12.9. The van der Waals surface area contributed by atoms with Crippen molar-refractivity contribution in [3.63, 3.8) is 0 Å². The summed E-state index contributed by atoms with van der Waals surface area (Å²) in [5.74, 6) is 1.16. The third kappa shape index (κ3) is 2.88. The zero-order valence-corrected chi connectivity index (χ0v) is 10.8. The smallest absolute Gasteiger partial charge is 0.144 e. The standard InChI is InChI=1S/C15H13FN4/c16-13-3-1-11(2-4-13)12-5-6-18-14(9-12)20-15-10-17-7-8-19-15/h1-6,9-10H,7-8H2,(H,18,19,20). The molecule has 4 nitrogen and oxygen atoms in total. The lowest BCUT2D eigenvalue weighted by Crippen LogP contribution is -2.18. The van der Waals surface area contributed by atoms with E-state index in [1.54, 1.807) is 24.5 Å². The van der Waals surface area contributed by atoms with Crippen LogP contribution in [0.1, 0.15) is 0 Å². The summed E-state index contributed by atoms with van der Waals surface area (Å²) in [6.07, 6.45) is 3.41. The molecular weight excluding hydrogens is 255 g/mol. The number of benzene rings is 1. The van der Waals surface area contributed by atoms with Crippen molar-refractivity contribution in [1.82, 2.24) is 4.98 Å². The van der Waals surface area contributed by atoms with Gasteiger partial charge in [0.1, 0.15) is 17.5 Å². The predicted molar refractivity (Wildman–Crippen MR) is 78.9 cm³/mol. The molecule has 1 aliphatic heterocycles. The van der Waals surface area contributed by atoms with Crippen molar-refractivity contribution in [2.75, 3.05) is 18.4 Å². The van der Waals surface area contributed by atoms with Gasteiger partial charge in [0.15, 0.2) is 0 Å². The molecule has 2 aromatic rings. The van der Waals surface area contributed by atoms with Crippen molar-refractivity contribution in [2.24, 2.45) is 9.98 Å². The van der Waals surface area contributed by atoms with Crippen molar-refractivity contribution in [2.45, 2.75) is 0 Å². The van der Waals surface area contributed by atoms with Crippen LogP contribution in [0.3, 0.4) is 0 Å². The first-order chi connectivity index (χ1) is 9.81. The topological polar surface area (TPSA) is 49.6 Å². The largest absolute Gasteiger partial charge is 0.324 e. The molecule has 0 unspecified atom stereocenters. The Labute approximate surface area is 116 Å². The number of hydrogen-bond acceptors (Lipinski definition) is 4. The quantitative estimate of drug-likeness (QED) is 0.910. The summed E-state index contributed by atoms with van der Waals surface area (Å²) in [5.41, 5.74) is 1.91. The summed E-state index contributed by atoms with van der Waals surface area (Å²) in [5, 5.41) is 3.12. The van der Waals surface area contributed by atoms with Crippen LogP contribution in [-0.4, -0.2) is 30.1 Å². The van der Waals surface area contributed by atoms with Crippen molar-refractivity contribution < 1.29 is 4.39 Å². The van der Waals surface area contributed by atoms with E-state index in [2.05, 4.69) is 20.3 Å². The number of anilines is 1. The number of aromatic nitrogens is 1. The molecule has 0 bridgehead atoms. The van der Waals surface area contributed by atoms with Crippen LogP contribution in [0.25, 0.3) is 11.1 Å². The number of amidine groups is 1. The fourth-order valence-electron chi connectivity index (χ4n) is 1.94. The molecule has 1 N–H and O–H groups in total. The highest BCUT2D eigenvalue weighted by Gasteiger charge is 2.04. The molecule has 0 saturated carbocycles. The minimum atomic E-state index is -0.242. The van der Waals surface area contributed by atoms with Gasteiger partial charge in [-0.2, -0.15) is 0 Å². The van der Waals surface area contributed by atoms with Gasteiger partial charge < -0.3 is 5.32 Å². The van der Waals surface area contributed by atoms with Crippen LogP contribution in [0.5, 0.6) is 0 Å². The first-order valence-corrected chi connectivity index (χ1v) is 6.34. The van der Waals surface area contributed by atoms with Gasteiger partial charge in [0, 0.05) is 6.20 Å². The van der Waals surface area contributed by atoms with Crippen molar-refractivity contribution in [3.05, 3.63) is 48.4 Å². The van der Waals surface area contributed by atoms with Crippen LogP contribution in [0.4, 0.5) is 10.2 Å². The predicted octanol–water partition coefficient (Wildman–Crippen LogP) is 2.78. The van der Waals surface area contributed by atoms with E-state index in [0.29, 0.717) is 18.2 Å². The zero-order valence-electron chi connectivity index (χ0n) is 10.8. The van der Waals surface area contributed by atoms with Crippen molar-refractivity contribution in [3.8, 4) is 11.1 Å². The molecule has 0 saturated heterocycles.